The normalized spacial score (nSPS) is 25.7. The molecule has 2 aliphatic carbocycles. The topological polar surface area (TPSA) is 160 Å². The number of allylic oxidation sites excluding steroid dienone is 1. The minimum Gasteiger partial charge on any atom is -0.487 e. The standard InChI is InChI=1S/C50H62ClN3O11/c1-3-23-63-50-45(54(49(57)59-25-20-51)30-34-16-18-43-44(26-34)62-32-61-43)29-41(53-65-46-15-6-9-24-58-46)39-27-35(12-4-7-21-55)38(14-5-8-22-56)47(48(39)50)40-28-37(17-19-42(40)64-50)60-31-36-13-10-11-33(2)52-36/h3,10-11,13,16-19,26-28,35,38,45-48,55-56H,1,4-9,12,14-15,20-25,29-32H2,2H3. The average molecular weight is 917 g/mol. The Kier molecular flexibility index (Phi) is 15.9. The molecule has 1 aromatic heterocycles. The molecule has 8 rings (SSSR count). The number of rotatable bonds is 21. The van der Waals surface area contributed by atoms with Crippen LogP contribution in [0.3, 0.4) is 0 Å². The summed E-state index contributed by atoms with van der Waals surface area (Å²) in [5, 5.41) is 25.0. The molecule has 2 fully saturated rings. The Balaban J connectivity index is 1.31. The molecule has 3 aliphatic heterocycles. The number of unbranched alkanes of at least 4 members (excludes halogenated alkanes) is 2. The second kappa shape index (κ2) is 22.1. The van der Waals surface area contributed by atoms with Crippen molar-refractivity contribution >= 4 is 23.4 Å². The van der Waals surface area contributed by atoms with Gasteiger partial charge >= 0.3 is 6.09 Å². The Bertz CT molecular complexity index is 2160. The molecule has 3 aromatic rings. The third kappa shape index (κ3) is 10.6. The molecule has 15 heteroatoms. The van der Waals surface area contributed by atoms with Crippen molar-refractivity contribution in [2.24, 2.45) is 22.9 Å². The molecule has 1 amide bonds. The summed E-state index contributed by atoms with van der Waals surface area (Å²) < 4.78 is 44.3. The van der Waals surface area contributed by atoms with Gasteiger partial charge in [-0.25, -0.2) is 4.79 Å². The van der Waals surface area contributed by atoms with E-state index in [1.54, 1.807) is 11.0 Å². The van der Waals surface area contributed by atoms with Crippen LogP contribution >= 0.6 is 11.6 Å². The Morgan fingerprint density at radius 3 is 2.65 bits per heavy atom. The molecule has 14 nitrogen and oxygen atoms in total. The van der Waals surface area contributed by atoms with Gasteiger partial charge in [0, 0.05) is 49.8 Å². The predicted octanol–water partition coefficient (Wildman–Crippen LogP) is 8.74. The summed E-state index contributed by atoms with van der Waals surface area (Å²) in [6, 6.07) is 16.6. The van der Waals surface area contributed by atoms with Gasteiger partial charge in [0.2, 0.25) is 18.9 Å². The molecular formula is C50H62ClN3O11. The molecule has 2 aromatic carbocycles. The Morgan fingerprint density at radius 2 is 1.86 bits per heavy atom. The van der Waals surface area contributed by atoms with Gasteiger partial charge in [-0.15, -0.1) is 18.2 Å². The lowest BCUT2D eigenvalue weighted by Gasteiger charge is -2.59. The summed E-state index contributed by atoms with van der Waals surface area (Å²) in [7, 11) is 0. The number of oxime groups is 1. The maximum Gasteiger partial charge on any atom is 0.410 e. The number of hydrogen-bond donors (Lipinski definition) is 2. The van der Waals surface area contributed by atoms with Crippen molar-refractivity contribution in [2.75, 3.05) is 45.7 Å². The number of aryl methyl sites for hydroxylation is 1. The van der Waals surface area contributed by atoms with E-state index in [2.05, 4.69) is 23.7 Å². The van der Waals surface area contributed by atoms with E-state index in [0.717, 1.165) is 66.6 Å². The van der Waals surface area contributed by atoms with E-state index in [0.29, 0.717) is 54.6 Å². The van der Waals surface area contributed by atoms with Crippen LogP contribution in [0.1, 0.15) is 92.6 Å². The first-order valence-electron chi connectivity index (χ1n) is 23.1. The molecule has 4 heterocycles. The van der Waals surface area contributed by atoms with E-state index in [1.165, 1.54) is 0 Å². The number of amides is 1. The fourth-order valence-electron chi connectivity index (χ4n) is 10.2. The number of carbonyl (C=O) groups excluding carboxylic acids is 1. The molecule has 0 spiro atoms. The van der Waals surface area contributed by atoms with Gasteiger partial charge in [-0.1, -0.05) is 42.3 Å². The largest absolute Gasteiger partial charge is 0.487 e. The van der Waals surface area contributed by atoms with E-state index in [4.69, 9.17) is 54.8 Å². The lowest BCUT2D eigenvalue weighted by Crippen LogP contribution is -2.70. The van der Waals surface area contributed by atoms with Crippen LogP contribution in [-0.2, 0) is 32.2 Å². The van der Waals surface area contributed by atoms with Crippen molar-refractivity contribution in [3.05, 3.63) is 101 Å². The van der Waals surface area contributed by atoms with Crippen molar-refractivity contribution < 1.29 is 53.0 Å². The minimum absolute atomic E-state index is 0.0153. The maximum atomic E-state index is 14.7. The van der Waals surface area contributed by atoms with Crippen molar-refractivity contribution in [3.63, 3.8) is 0 Å². The van der Waals surface area contributed by atoms with E-state index in [9.17, 15) is 15.0 Å². The average Bonchev–Trinajstić information content (AvgIpc) is 3.80. The number of hydrogen-bond acceptors (Lipinski definition) is 13. The summed E-state index contributed by atoms with van der Waals surface area (Å²) in [5.41, 5.74) is 5.00. The Morgan fingerprint density at radius 1 is 1.03 bits per heavy atom. The summed E-state index contributed by atoms with van der Waals surface area (Å²) >= 11 is 6.15. The zero-order chi connectivity index (χ0) is 45.2. The second-order valence-electron chi connectivity index (χ2n) is 17.4. The maximum absolute atomic E-state index is 14.7. The molecule has 0 bridgehead atoms. The monoisotopic (exact) mass is 915 g/mol. The van der Waals surface area contributed by atoms with Crippen molar-refractivity contribution in [1.29, 1.82) is 0 Å². The van der Waals surface area contributed by atoms with Crippen molar-refractivity contribution in [1.82, 2.24) is 9.88 Å². The molecule has 0 radical (unpaired) electrons. The van der Waals surface area contributed by atoms with E-state index in [-0.39, 0.29) is 76.4 Å². The number of aliphatic hydroxyl groups is 2. The number of ether oxygens (including phenoxy) is 7. The van der Waals surface area contributed by atoms with Crippen LogP contribution in [0.25, 0.3) is 0 Å². The first-order chi connectivity index (χ1) is 31.8. The van der Waals surface area contributed by atoms with Crippen LogP contribution in [0.5, 0.6) is 23.0 Å². The summed E-state index contributed by atoms with van der Waals surface area (Å²) in [6.45, 7) is 7.33. The fourth-order valence-corrected chi connectivity index (χ4v) is 10.3. The van der Waals surface area contributed by atoms with Crippen LogP contribution in [0.15, 0.2) is 84.1 Å². The fraction of sp³-hybridized carbons (Fsp3) is 0.540. The first-order valence-corrected chi connectivity index (χ1v) is 23.7. The zero-order valence-electron chi connectivity index (χ0n) is 37.2. The molecule has 5 aliphatic rings. The lowest BCUT2D eigenvalue weighted by atomic mass is 9.55. The summed E-state index contributed by atoms with van der Waals surface area (Å²) in [6.07, 6.45) is 10.2. The highest BCUT2D eigenvalue weighted by molar-refractivity contribution is 6.18. The SMILES string of the molecule is C=CCOC12Oc3ccc(OCc4cccc(C)n4)cc3C3C(CCCCO)C(CCCCO)C=C(C(=NOC4CCCCO4)CC1N(Cc1ccc4c(c1)OCO4)C(=O)OCCCl)C32. The van der Waals surface area contributed by atoms with Gasteiger partial charge in [0.15, 0.2) is 11.5 Å². The van der Waals surface area contributed by atoms with Gasteiger partial charge in [-0.2, -0.15) is 0 Å². The quantitative estimate of drug-likeness (QED) is 0.0454. The van der Waals surface area contributed by atoms with Gasteiger partial charge in [0.1, 0.15) is 30.8 Å². The van der Waals surface area contributed by atoms with Crippen molar-refractivity contribution in [3.8, 4) is 23.0 Å². The number of aromatic nitrogens is 1. The number of aliphatic hydroxyl groups excluding tert-OH is 2. The Labute approximate surface area is 386 Å². The summed E-state index contributed by atoms with van der Waals surface area (Å²) in [5.74, 6) is 0.334. The van der Waals surface area contributed by atoms with E-state index < -0.39 is 30.1 Å². The van der Waals surface area contributed by atoms with E-state index >= 15 is 0 Å². The van der Waals surface area contributed by atoms with Gasteiger partial charge < -0.3 is 48.2 Å². The third-order valence-electron chi connectivity index (χ3n) is 13.1. The highest BCUT2D eigenvalue weighted by Crippen LogP contribution is 2.62. The molecule has 2 N–H and O–H groups in total. The first kappa shape index (κ1) is 46.7. The lowest BCUT2D eigenvalue weighted by molar-refractivity contribution is -0.256. The van der Waals surface area contributed by atoms with Gasteiger partial charge in [-0.3, -0.25) is 9.88 Å². The molecular weight excluding hydrogens is 854 g/mol. The van der Waals surface area contributed by atoms with Gasteiger partial charge in [0.25, 0.3) is 0 Å². The number of benzene rings is 2. The third-order valence-corrected chi connectivity index (χ3v) is 13.3. The highest BCUT2D eigenvalue weighted by Gasteiger charge is 2.66. The molecule has 350 valence electrons. The van der Waals surface area contributed by atoms with Crippen LogP contribution in [0.4, 0.5) is 4.79 Å². The molecule has 7 unspecified atom stereocenters. The number of halogens is 1. The van der Waals surface area contributed by atoms with Gasteiger partial charge in [-0.05, 0) is 111 Å². The molecule has 65 heavy (non-hydrogen) atoms. The summed E-state index contributed by atoms with van der Waals surface area (Å²) in [4.78, 5) is 27.3. The van der Waals surface area contributed by atoms with Crippen LogP contribution in [0, 0.1) is 24.7 Å². The zero-order valence-corrected chi connectivity index (χ0v) is 38.0. The Hall–Kier alpha value is -4.86. The van der Waals surface area contributed by atoms with E-state index in [1.807, 2.05) is 55.5 Å². The number of alkyl halides is 1. The number of carbonyl (C=O) groups is 1. The smallest absolute Gasteiger partial charge is 0.410 e. The molecule has 7 atom stereocenters. The number of nitrogens with zero attached hydrogens (tertiary/aromatic N) is 3. The number of pyridine rings is 1. The minimum atomic E-state index is -1.51. The van der Waals surface area contributed by atoms with Gasteiger partial charge in [0.05, 0.1) is 36.4 Å². The van der Waals surface area contributed by atoms with Crippen LogP contribution in [-0.4, -0.2) is 95.7 Å². The highest BCUT2D eigenvalue weighted by atomic mass is 35.5. The second-order valence-corrected chi connectivity index (χ2v) is 17.7. The van der Waals surface area contributed by atoms with Crippen LogP contribution < -0.4 is 18.9 Å². The van der Waals surface area contributed by atoms with Crippen LogP contribution in [0.2, 0.25) is 0 Å². The molecule has 1 saturated heterocycles. The predicted molar refractivity (Wildman–Crippen MR) is 243 cm³/mol. The molecule has 1 saturated carbocycles. The number of fused-ring (bicyclic) bond motifs is 3. The van der Waals surface area contributed by atoms with Crippen molar-refractivity contribution in [2.45, 2.75) is 108 Å².